The molecule has 0 radical (unpaired) electrons. The normalized spacial score (nSPS) is 12.0. The van der Waals surface area contributed by atoms with Crippen LogP contribution in [0.25, 0.3) is 0 Å². The van der Waals surface area contributed by atoms with Crippen molar-refractivity contribution in [3.05, 3.63) is 41.2 Å². The second-order valence-corrected chi connectivity index (χ2v) is 5.29. The molecule has 21 heavy (non-hydrogen) atoms. The molecule has 112 valence electrons. The number of hydrogen-bond acceptors (Lipinski definition) is 4. The van der Waals surface area contributed by atoms with Crippen molar-refractivity contribution in [2.45, 2.75) is 40.2 Å². The number of benzene rings is 1. The average Bonchev–Trinajstić information content (AvgIpc) is 2.80. The Balaban J connectivity index is 2.06. The van der Waals surface area contributed by atoms with E-state index >= 15 is 0 Å². The van der Waals surface area contributed by atoms with Gasteiger partial charge in [0.15, 0.2) is 5.82 Å². The molecule has 0 saturated carbocycles. The van der Waals surface area contributed by atoms with Gasteiger partial charge in [0.25, 0.3) is 0 Å². The van der Waals surface area contributed by atoms with Crippen molar-refractivity contribution in [2.24, 2.45) is 0 Å². The number of amides is 1. The summed E-state index contributed by atoms with van der Waals surface area (Å²) in [6.07, 6.45) is 0.676. The molecule has 0 aliphatic carbocycles. The van der Waals surface area contributed by atoms with E-state index in [9.17, 15) is 4.79 Å². The van der Waals surface area contributed by atoms with Gasteiger partial charge in [-0.05, 0) is 50.5 Å². The summed E-state index contributed by atoms with van der Waals surface area (Å²) < 4.78 is 4.94. The summed E-state index contributed by atoms with van der Waals surface area (Å²) in [5.41, 5.74) is 3.28. The summed E-state index contributed by atoms with van der Waals surface area (Å²) in [6.45, 7) is 7.83. The second kappa shape index (κ2) is 6.43. The fraction of sp³-hybridized carbons (Fsp3) is 0.375. The lowest BCUT2D eigenvalue weighted by Crippen LogP contribution is -2.34. The molecular weight excluding hydrogens is 266 g/mol. The molecular formula is C16H21N3O2. The zero-order valence-electron chi connectivity index (χ0n) is 12.9. The molecule has 2 rings (SSSR count). The zero-order chi connectivity index (χ0) is 15.4. The highest BCUT2D eigenvalue weighted by molar-refractivity contribution is 5.95. The molecule has 1 unspecified atom stereocenters. The van der Waals surface area contributed by atoms with Crippen LogP contribution in [0.4, 0.5) is 11.5 Å². The first-order valence-corrected chi connectivity index (χ1v) is 7.07. The van der Waals surface area contributed by atoms with Crippen LogP contribution in [0.1, 0.15) is 30.2 Å². The smallest absolute Gasteiger partial charge is 0.248 e. The number of rotatable bonds is 5. The van der Waals surface area contributed by atoms with Crippen molar-refractivity contribution in [1.82, 2.24) is 5.16 Å². The Morgan fingerprint density at radius 1 is 1.19 bits per heavy atom. The maximum atomic E-state index is 12.3. The number of aromatic nitrogens is 1. The summed E-state index contributed by atoms with van der Waals surface area (Å²) in [5.74, 6) is 0.990. The highest BCUT2D eigenvalue weighted by Crippen LogP contribution is 2.16. The molecule has 1 aromatic heterocycles. The summed E-state index contributed by atoms with van der Waals surface area (Å²) in [7, 11) is 0. The van der Waals surface area contributed by atoms with E-state index in [2.05, 4.69) is 21.9 Å². The standard InChI is InChI=1S/C16H21N3O2/c1-5-14(16(20)18-15-9-12(4)21-19-15)17-13-7-10(2)6-11(3)8-13/h6-9,14,17H,5H2,1-4H3,(H,18,19,20). The summed E-state index contributed by atoms with van der Waals surface area (Å²) in [5, 5.41) is 9.80. The molecule has 0 fully saturated rings. The van der Waals surface area contributed by atoms with E-state index in [0.29, 0.717) is 18.0 Å². The van der Waals surface area contributed by atoms with Gasteiger partial charge in [-0.15, -0.1) is 0 Å². The van der Waals surface area contributed by atoms with Gasteiger partial charge in [-0.2, -0.15) is 0 Å². The predicted octanol–water partition coefficient (Wildman–Crippen LogP) is 3.43. The van der Waals surface area contributed by atoms with Gasteiger partial charge < -0.3 is 15.2 Å². The van der Waals surface area contributed by atoms with Crippen LogP contribution in [0.2, 0.25) is 0 Å². The number of anilines is 2. The van der Waals surface area contributed by atoms with Crippen LogP contribution < -0.4 is 10.6 Å². The van der Waals surface area contributed by atoms with Crippen molar-refractivity contribution >= 4 is 17.4 Å². The van der Waals surface area contributed by atoms with E-state index in [1.165, 1.54) is 11.1 Å². The number of aryl methyl sites for hydroxylation is 3. The third-order valence-electron chi connectivity index (χ3n) is 3.17. The largest absolute Gasteiger partial charge is 0.374 e. The van der Waals surface area contributed by atoms with Gasteiger partial charge in [0.1, 0.15) is 11.8 Å². The van der Waals surface area contributed by atoms with Crippen molar-refractivity contribution in [3.63, 3.8) is 0 Å². The number of nitrogens with one attached hydrogen (secondary N) is 2. The summed E-state index contributed by atoms with van der Waals surface area (Å²) in [6, 6.07) is 7.54. The van der Waals surface area contributed by atoms with Crippen LogP contribution in [0.15, 0.2) is 28.8 Å². The van der Waals surface area contributed by atoms with Gasteiger partial charge in [0.05, 0.1) is 0 Å². The van der Waals surface area contributed by atoms with Crippen LogP contribution in [0, 0.1) is 20.8 Å². The van der Waals surface area contributed by atoms with Crippen LogP contribution in [0.5, 0.6) is 0 Å². The molecule has 0 aliphatic rings. The molecule has 0 bridgehead atoms. The van der Waals surface area contributed by atoms with E-state index in [-0.39, 0.29) is 11.9 Å². The fourth-order valence-corrected chi connectivity index (χ4v) is 2.25. The van der Waals surface area contributed by atoms with E-state index < -0.39 is 0 Å². The molecule has 0 aliphatic heterocycles. The highest BCUT2D eigenvalue weighted by Gasteiger charge is 2.17. The minimum atomic E-state index is -0.316. The SMILES string of the molecule is CCC(Nc1cc(C)cc(C)c1)C(=O)Nc1cc(C)on1. The van der Waals surface area contributed by atoms with Crippen molar-refractivity contribution in [1.29, 1.82) is 0 Å². The number of hydrogen-bond donors (Lipinski definition) is 2. The molecule has 5 nitrogen and oxygen atoms in total. The molecule has 1 atom stereocenters. The number of carbonyl (C=O) groups excluding carboxylic acids is 1. The summed E-state index contributed by atoms with van der Waals surface area (Å²) >= 11 is 0. The zero-order valence-corrected chi connectivity index (χ0v) is 12.9. The maximum Gasteiger partial charge on any atom is 0.248 e. The minimum Gasteiger partial charge on any atom is -0.374 e. The first kappa shape index (κ1) is 15.1. The maximum absolute atomic E-state index is 12.3. The lowest BCUT2D eigenvalue weighted by atomic mass is 10.1. The molecule has 1 heterocycles. The fourth-order valence-electron chi connectivity index (χ4n) is 2.25. The van der Waals surface area contributed by atoms with Gasteiger partial charge >= 0.3 is 0 Å². The Bertz CT molecular complexity index is 614. The molecule has 0 saturated heterocycles. The number of nitrogens with zero attached hydrogens (tertiary/aromatic N) is 1. The Morgan fingerprint density at radius 3 is 2.38 bits per heavy atom. The van der Waals surface area contributed by atoms with E-state index in [1.54, 1.807) is 13.0 Å². The van der Waals surface area contributed by atoms with E-state index in [4.69, 9.17) is 4.52 Å². The first-order valence-electron chi connectivity index (χ1n) is 7.07. The average molecular weight is 287 g/mol. The van der Waals surface area contributed by atoms with Crippen LogP contribution >= 0.6 is 0 Å². The van der Waals surface area contributed by atoms with Gasteiger partial charge in [-0.25, -0.2) is 0 Å². The lowest BCUT2D eigenvalue weighted by molar-refractivity contribution is -0.117. The molecule has 5 heteroatoms. The Kier molecular flexibility index (Phi) is 4.62. The van der Waals surface area contributed by atoms with Crippen LogP contribution in [-0.4, -0.2) is 17.1 Å². The van der Waals surface area contributed by atoms with Gasteiger partial charge in [-0.1, -0.05) is 18.1 Å². The Labute approximate surface area is 124 Å². The molecule has 2 aromatic rings. The van der Waals surface area contributed by atoms with Gasteiger partial charge in [0.2, 0.25) is 5.91 Å². The van der Waals surface area contributed by atoms with E-state index in [1.807, 2.05) is 32.9 Å². The van der Waals surface area contributed by atoms with Crippen molar-refractivity contribution in [2.75, 3.05) is 10.6 Å². The van der Waals surface area contributed by atoms with Crippen LogP contribution in [0.3, 0.4) is 0 Å². The van der Waals surface area contributed by atoms with Crippen molar-refractivity contribution < 1.29 is 9.32 Å². The highest BCUT2D eigenvalue weighted by atomic mass is 16.5. The third kappa shape index (κ3) is 4.08. The van der Waals surface area contributed by atoms with Gasteiger partial charge in [0, 0.05) is 11.8 Å². The monoisotopic (exact) mass is 287 g/mol. The Morgan fingerprint density at radius 2 is 1.86 bits per heavy atom. The Hall–Kier alpha value is -2.30. The topological polar surface area (TPSA) is 67.2 Å². The quantitative estimate of drug-likeness (QED) is 0.884. The second-order valence-electron chi connectivity index (χ2n) is 5.29. The van der Waals surface area contributed by atoms with E-state index in [0.717, 1.165) is 5.69 Å². The summed E-state index contributed by atoms with van der Waals surface area (Å²) in [4.78, 5) is 12.3. The minimum absolute atomic E-state index is 0.120. The molecule has 1 amide bonds. The predicted molar refractivity (Wildman–Crippen MR) is 83.5 cm³/mol. The molecule has 2 N–H and O–H groups in total. The van der Waals surface area contributed by atoms with Gasteiger partial charge in [-0.3, -0.25) is 4.79 Å². The van der Waals surface area contributed by atoms with Crippen molar-refractivity contribution in [3.8, 4) is 0 Å². The first-order chi connectivity index (χ1) is 9.97. The lowest BCUT2D eigenvalue weighted by Gasteiger charge is -2.18. The third-order valence-corrected chi connectivity index (χ3v) is 3.17. The number of carbonyl (C=O) groups is 1. The molecule has 1 aromatic carbocycles. The molecule has 0 spiro atoms. The van der Waals surface area contributed by atoms with Crippen LogP contribution in [-0.2, 0) is 4.79 Å².